The summed E-state index contributed by atoms with van der Waals surface area (Å²) in [5.41, 5.74) is 1.54. The molecular weight excluding hydrogens is 290 g/mol. The smallest absolute Gasteiger partial charge is 0.229 e. The molecule has 0 spiro atoms. The molecule has 1 aromatic heterocycles. The van der Waals surface area contributed by atoms with Crippen LogP contribution in [0.25, 0.3) is 0 Å². The molecular formula is C15H14ClN3O2. The van der Waals surface area contributed by atoms with Crippen molar-refractivity contribution in [3.8, 4) is 0 Å². The molecule has 5 nitrogen and oxygen atoms in total. The SMILES string of the molecule is CC(=O)Nc1ccc(CC(=O)Nc2ccc(Cl)cn2)cc1. The molecule has 21 heavy (non-hydrogen) atoms. The maximum Gasteiger partial charge on any atom is 0.229 e. The Balaban J connectivity index is 1.93. The highest BCUT2D eigenvalue weighted by Gasteiger charge is 2.05. The van der Waals surface area contributed by atoms with Gasteiger partial charge in [0.25, 0.3) is 0 Å². The number of nitrogens with one attached hydrogen (secondary N) is 2. The molecule has 2 N–H and O–H groups in total. The van der Waals surface area contributed by atoms with E-state index < -0.39 is 0 Å². The van der Waals surface area contributed by atoms with Crippen LogP contribution < -0.4 is 10.6 Å². The molecule has 0 aliphatic heterocycles. The van der Waals surface area contributed by atoms with Gasteiger partial charge in [-0.15, -0.1) is 0 Å². The number of nitrogens with zero attached hydrogens (tertiary/aromatic N) is 1. The van der Waals surface area contributed by atoms with Gasteiger partial charge in [-0.25, -0.2) is 4.98 Å². The highest BCUT2D eigenvalue weighted by molar-refractivity contribution is 6.30. The molecule has 0 radical (unpaired) electrons. The molecule has 1 aromatic carbocycles. The Labute approximate surface area is 127 Å². The van der Waals surface area contributed by atoms with Gasteiger partial charge in [0.2, 0.25) is 11.8 Å². The predicted molar refractivity (Wildman–Crippen MR) is 82.3 cm³/mol. The molecule has 108 valence electrons. The van der Waals surface area contributed by atoms with E-state index in [0.717, 1.165) is 5.56 Å². The summed E-state index contributed by atoms with van der Waals surface area (Å²) in [4.78, 5) is 26.8. The lowest BCUT2D eigenvalue weighted by molar-refractivity contribution is -0.116. The van der Waals surface area contributed by atoms with Crippen molar-refractivity contribution in [1.82, 2.24) is 4.98 Å². The Morgan fingerprint density at radius 1 is 1.10 bits per heavy atom. The fourth-order valence-electron chi connectivity index (χ4n) is 1.73. The van der Waals surface area contributed by atoms with E-state index in [4.69, 9.17) is 11.6 Å². The monoisotopic (exact) mass is 303 g/mol. The molecule has 2 aromatic rings. The van der Waals surface area contributed by atoms with Gasteiger partial charge in [-0.05, 0) is 29.8 Å². The molecule has 0 aliphatic rings. The summed E-state index contributed by atoms with van der Waals surface area (Å²) in [6.45, 7) is 1.44. The Morgan fingerprint density at radius 2 is 1.81 bits per heavy atom. The van der Waals surface area contributed by atoms with E-state index in [2.05, 4.69) is 15.6 Å². The Bertz CT molecular complexity index is 639. The maximum absolute atomic E-state index is 11.9. The number of hydrogen-bond acceptors (Lipinski definition) is 3. The standard InChI is InChI=1S/C15H14ClN3O2/c1-10(20)18-13-5-2-11(3-6-13)8-15(21)19-14-7-4-12(16)9-17-14/h2-7,9H,8H2,1H3,(H,18,20)(H,17,19,21). The van der Waals surface area contributed by atoms with Crippen LogP contribution in [0.15, 0.2) is 42.6 Å². The van der Waals surface area contributed by atoms with Crippen molar-refractivity contribution in [2.45, 2.75) is 13.3 Å². The van der Waals surface area contributed by atoms with E-state index in [-0.39, 0.29) is 18.2 Å². The van der Waals surface area contributed by atoms with E-state index in [1.165, 1.54) is 13.1 Å². The van der Waals surface area contributed by atoms with Crippen LogP contribution in [0.1, 0.15) is 12.5 Å². The van der Waals surface area contributed by atoms with E-state index in [9.17, 15) is 9.59 Å². The molecule has 0 aliphatic carbocycles. The van der Waals surface area contributed by atoms with Crippen LogP contribution in [0.3, 0.4) is 0 Å². The van der Waals surface area contributed by atoms with Gasteiger partial charge in [0.1, 0.15) is 5.82 Å². The van der Waals surface area contributed by atoms with Crippen molar-refractivity contribution < 1.29 is 9.59 Å². The fourth-order valence-corrected chi connectivity index (χ4v) is 1.84. The first kappa shape index (κ1) is 15.0. The summed E-state index contributed by atoms with van der Waals surface area (Å²) < 4.78 is 0. The molecule has 0 saturated heterocycles. The summed E-state index contributed by atoms with van der Waals surface area (Å²) >= 11 is 5.72. The molecule has 0 bridgehead atoms. The summed E-state index contributed by atoms with van der Waals surface area (Å²) in [5.74, 6) is 0.158. The van der Waals surface area contributed by atoms with Gasteiger partial charge < -0.3 is 10.6 Å². The van der Waals surface area contributed by atoms with Gasteiger partial charge in [0.15, 0.2) is 0 Å². The summed E-state index contributed by atoms with van der Waals surface area (Å²) in [6.07, 6.45) is 1.70. The van der Waals surface area contributed by atoms with Crippen molar-refractivity contribution in [2.75, 3.05) is 10.6 Å². The molecule has 2 rings (SSSR count). The number of aromatic nitrogens is 1. The lowest BCUT2D eigenvalue weighted by Crippen LogP contribution is -2.15. The third kappa shape index (κ3) is 4.89. The van der Waals surface area contributed by atoms with Crippen molar-refractivity contribution >= 4 is 34.9 Å². The van der Waals surface area contributed by atoms with Crippen molar-refractivity contribution in [1.29, 1.82) is 0 Å². The first-order chi connectivity index (χ1) is 10.0. The lowest BCUT2D eigenvalue weighted by atomic mass is 10.1. The first-order valence-electron chi connectivity index (χ1n) is 6.31. The molecule has 6 heteroatoms. The van der Waals surface area contributed by atoms with E-state index in [1.54, 1.807) is 36.4 Å². The predicted octanol–water partition coefficient (Wildman–Crippen LogP) is 2.87. The van der Waals surface area contributed by atoms with E-state index in [1.807, 2.05) is 0 Å². The normalized spacial score (nSPS) is 10.0. The number of anilines is 2. The third-order valence-electron chi connectivity index (χ3n) is 2.63. The molecule has 0 atom stereocenters. The van der Waals surface area contributed by atoms with Gasteiger partial charge in [0.05, 0.1) is 11.4 Å². The number of carbonyl (C=O) groups is 2. The number of pyridine rings is 1. The van der Waals surface area contributed by atoms with Crippen molar-refractivity contribution in [3.63, 3.8) is 0 Å². The zero-order chi connectivity index (χ0) is 15.2. The number of carbonyl (C=O) groups excluding carboxylic acids is 2. The van der Waals surface area contributed by atoms with Crippen LogP contribution in [0.5, 0.6) is 0 Å². The average molecular weight is 304 g/mol. The lowest BCUT2D eigenvalue weighted by Gasteiger charge is -2.06. The van der Waals surface area contributed by atoms with Crippen LogP contribution in [0, 0.1) is 0 Å². The minimum Gasteiger partial charge on any atom is -0.326 e. The van der Waals surface area contributed by atoms with Crippen LogP contribution >= 0.6 is 11.6 Å². The Morgan fingerprint density at radius 3 is 2.38 bits per heavy atom. The minimum atomic E-state index is -0.169. The number of rotatable bonds is 4. The third-order valence-corrected chi connectivity index (χ3v) is 2.86. The molecule has 2 amide bonds. The fraction of sp³-hybridized carbons (Fsp3) is 0.133. The van der Waals surface area contributed by atoms with Gasteiger partial charge >= 0.3 is 0 Å². The first-order valence-corrected chi connectivity index (χ1v) is 6.68. The summed E-state index contributed by atoms with van der Waals surface area (Å²) in [7, 11) is 0. The summed E-state index contributed by atoms with van der Waals surface area (Å²) in [5, 5.41) is 5.87. The van der Waals surface area contributed by atoms with Crippen LogP contribution in [-0.2, 0) is 16.0 Å². The van der Waals surface area contributed by atoms with Crippen LogP contribution in [0.2, 0.25) is 5.02 Å². The second-order valence-electron chi connectivity index (χ2n) is 4.46. The number of benzene rings is 1. The van der Waals surface area contributed by atoms with Crippen molar-refractivity contribution in [3.05, 3.63) is 53.2 Å². The number of hydrogen-bond donors (Lipinski definition) is 2. The van der Waals surface area contributed by atoms with Crippen molar-refractivity contribution in [2.24, 2.45) is 0 Å². The highest BCUT2D eigenvalue weighted by atomic mass is 35.5. The Hall–Kier alpha value is -2.40. The van der Waals surface area contributed by atoms with Gasteiger partial charge in [-0.3, -0.25) is 9.59 Å². The molecule has 0 saturated carbocycles. The zero-order valence-electron chi connectivity index (χ0n) is 11.4. The van der Waals surface area contributed by atoms with Gasteiger partial charge in [0, 0.05) is 18.8 Å². The topological polar surface area (TPSA) is 71.1 Å². The van der Waals surface area contributed by atoms with E-state index >= 15 is 0 Å². The zero-order valence-corrected chi connectivity index (χ0v) is 12.1. The van der Waals surface area contributed by atoms with Gasteiger partial charge in [-0.1, -0.05) is 23.7 Å². The largest absolute Gasteiger partial charge is 0.326 e. The van der Waals surface area contributed by atoms with Gasteiger partial charge in [-0.2, -0.15) is 0 Å². The second kappa shape index (κ2) is 6.85. The van der Waals surface area contributed by atoms with E-state index in [0.29, 0.717) is 16.5 Å². The quantitative estimate of drug-likeness (QED) is 0.912. The Kier molecular flexibility index (Phi) is 4.90. The minimum absolute atomic E-state index is 0.130. The molecule has 1 heterocycles. The average Bonchev–Trinajstić information content (AvgIpc) is 2.43. The van der Waals surface area contributed by atoms with Crippen LogP contribution in [0.4, 0.5) is 11.5 Å². The maximum atomic E-state index is 11.9. The molecule has 0 unspecified atom stereocenters. The summed E-state index contributed by atoms with van der Waals surface area (Å²) in [6, 6.07) is 10.4. The highest BCUT2D eigenvalue weighted by Crippen LogP contribution is 2.12. The molecule has 0 fully saturated rings. The number of amides is 2. The number of halogens is 1. The van der Waals surface area contributed by atoms with Crippen LogP contribution in [-0.4, -0.2) is 16.8 Å². The second-order valence-corrected chi connectivity index (χ2v) is 4.90.